The van der Waals surface area contributed by atoms with Gasteiger partial charge in [-0.1, -0.05) is 17.2 Å². The summed E-state index contributed by atoms with van der Waals surface area (Å²) in [6.07, 6.45) is 0. The second-order valence-electron chi connectivity index (χ2n) is 2.80. The van der Waals surface area contributed by atoms with E-state index in [1.165, 1.54) is 7.11 Å². The number of benzene rings is 1. The normalized spacial score (nSPS) is 13.0. The Morgan fingerprint density at radius 2 is 1.67 bits per heavy atom. The monoisotopic (exact) mass is 184 g/mol. The van der Waals surface area contributed by atoms with Gasteiger partial charge in [-0.3, -0.25) is 0 Å². The zero-order valence-corrected chi connectivity index (χ0v) is 8.43. The van der Waals surface area contributed by atoms with Gasteiger partial charge in [0.25, 0.3) is 0 Å². The van der Waals surface area contributed by atoms with Gasteiger partial charge >= 0.3 is 0 Å². The molecule has 0 saturated heterocycles. The minimum Gasteiger partial charge on any atom is -0.346 e. The molecule has 1 rings (SSSR count). The van der Waals surface area contributed by atoms with Crippen molar-refractivity contribution in [2.75, 3.05) is 7.11 Å². The van der Waals surface area contributed by atoms with Crippen LogP contribution in [0.1, 0.15) is 11.1 Å². The van der Waals surface area contributed by atoms with Crippen LogP contribution in [0, 0.1) is 13.8 Å². The van der Waals surface area contributed by atoms with Crippen LogP contribution in [0.15, 0.2) is 18.2 Å². The van der Waals surface area contributed by atoms with E-state index in [4.69, 9.17) is 4.52 Å². The highest BCUT2D eigenvalue weighted by Gasteiger charge is 2.06. The van der Waals surface area contributed by atoms with Crippen molar-refractivity contribution in [3.8, 4) is 0 Å². The van der Waals surface area contributed by atoms with Gasteiger partial charge in [-0.2, -0.15) is 0 Å². The molecule has 0 saturated carbocycles. The molecule has 3 heteroatoms. The Morgan fingerprint density at radius 3 is 2.08 bits per heavy atom. The molecule has 1 aromatic rings. The summed E-state index contributed by atoms with van der Waals surface area (Å²) >= 11 is 0. The molecule has 2 nitrogen and oxygen atoms in total. The molecule has 1 unspecified atom stereocenters. The fourth-order valence-electron chi connectivity index (χ4n) is 1.17. The molecule has 0 amide bonds. The smallest absolute Gasteiger partial charge is 0.202 e. The minimum atomic E-state index is -1.41. The predicted octanol–water partition coefficient (Wildman–Crippen LogP) is 1.88. The van der Waals surface area contributed by atoms with Crippen LogP contribution >= 0.6 is 8.38 Å². The SMILES string of the molecule is COP(O)c1cc(C)cc(C)c1. The van der Waals surface area contributed by atoms with Gasteiger partial charge in [-0.25, -0.2) is 0 Å². The van der Waals surface area contributed by atoms with Gasteiger partial charge in [0.05, 0.1) is 0 Å². The van der Waals surface area contributed by atoms with E-state index in [2.05, 4.69) is 6.07 Å². The third-order valence-electron chi connectivity index (χ3n) is 1.60. The van der Waals surface area contributed by atoms with E-state index in [-0.39, 0.29) is 0 Å². The second kappa shape index (κ2) is 3.99. The average Bonchev–Trinajstić information content (AvgIpc) is 2.01. The van der Waals surface area contributed by atoms with Crippen molar-refractivity contribution < 1.29 is 9.42 Å². The van der Waals surface area contributed by atoms with Crippen molar-refractivity contribution in [2.24, 2.45) is 0 Å². The molecule has 0 aliphatic carbocycles. The number of hydrogen-bond donors (Lipinski definition) is 1. The molecule has 0 fully saturated rings. The van der Waals surface area contributed by atoms with Gasteiger partial charge in [0.15, 0.2) is 0 Å². The number of aryl methyl sites for hydroxylation is 2. The number of hydrogen-bond acceptors (Lipinski definition) is 2. The maximum absolute atomic E-state index is 9.42. The zero-order valence-electron chi connectivity index (χ0n) is 7.53. The molecule has 1 atom stereocenters. The van der Waals surface area contributed by atoms with E-state index in [9.17, 15) is 4.89 Å². The summed E-state index contributed by atoms with van der Waals surface area (Å²) in [6.45, 7) is 4.02. The molecule has 66 valence electrons. The molecule has 0 radical (unpaired) electrons. The fraction of sp³-hybridized carbons (Fsp3) is 0.333. The van der Waals surface area contributed by atoms with Crippen molar-refractivity contribution >= 4 is 13.7 Å². The molecular weight excluding hydrogens is 171 g/mol. The third-order valence-corrected chi connectivity index (χ3v) is 2.65. The lowest BCUT2D eigenvalue weighted by Gasteiger charge is -2.08. The van der Waals surface area contributed by atoms with Gasteiger partial charge in [-0.05, 0) is 26.0 Å². The first-order chi connectivity index (χ1) is 5.63. The van der Waals surface area contributed by atoms with Gasteiger partial charge in [0.1, 0.15) is 0 Å². The highest BCUT2D eigenvalue weighted by atomic mass is 31.2. The predicted molar refractivity (Wildman–Crippen MR) is 51.7 cm³/mol. The summed E-state index contributed by atoms with van der Waals surface area (Å²) in [6, 6.07) is 5.97. The molecule has 1 N–H and O–H groups in total. The Hall–Kier alpha value is -0.430. The van der Waals surface area contributed by atoms with Gasteiger partial charge in [-0.15, -0.1) is 0 Å². The van der Waals surface area contributed by atoms with Crippen LogP contribution < -0.4 is 5.30 Å². The summed E-state index contributed by atoms with van der Waals surface area (Å²) in [5.41, 5.74) is 2.31. The molecule has 12 heavy (non-hydrogen) atoms. The minimum absolute atomic E-state index is 0.880. The van der Waals surface area contributed by atoms with Crippen molar-refractivity contribution in [1.82, 2.24) is 0 Å². The first-order valence-corrected chi connectivity index (χ1v) is 4.96. The van der Waals surface area contributed by atoms with Crippen LogP contribution in [-0.4, -0.2) is 12.0 Å². The van der Waals surface area contributed by atoms with Crippen LogP contribution in [0.3, 0.4) is 0 Å². The van der Waals surface area contributed by atoms with E-state index in [1.807, 2.05) is 26.0 Å². The molecule has 0 spiro atoms. The Kier molecular flexibility index (Phi) is 3.21. The standard InChI is InChI=1S/C9H13O2P/c1-7-4-8(2)6-9(5-7)12(10)11-3/h4-6,10H,1-3H3. The largest absolute Gasteiger partial charge is 0.346 e. The molecule has 0 aliphatic rings. The Balaban J connectivity index is 3.00. The van der Waals surface area contributed by atoms with Gasteiger partial charge in [0.2, 0.25) is 8.38 Å². The van der Waals surface area contributed by atoms with Crippen molar-refractivity contribution in [3.05, 3.63) is 29.3 Å². The molecule has 0 bridgehead atoms. The van der Waals surface area contributed by atoms with Crippen LogP contribution in [-0.2, 0) is 4.52 Å². The lowest BCUT2D eigenvalue weighted by molar-refractivity contribution is 0.400. The Labute approximate surface area is 74.1 Å². The lowest BCUT2D eigenvalue weighted by atomic mass is 10.2. The fourth-order valence-corrected chi connectivity index (χ4v) is 2.01. The average molecular weight is 184 g/mol. The Morgan fingerprint density at radius 1 is 1.17 bits per heavy atom. The lowest BCUT2D eigenvalue weighted by Crippen LogP contribution is -2.02. The Bertz CT molecular complexity index is 253. The van der Waals surface area contributed by atoms with Crippen LogP contribution in [0.4, 0.5) is 0 Å². The van der Waals surface area contributed by atoms with E-state index in [0.717, 1.165) is 16.4 Å². The summed E-state index contributed by atoms with van der Waals surface area (Å²) in [7, 11) is 0.111. The van der Waals surface area contributed by atoms with E-state index in [0.29, 0.717) is 0 Å². The van der Waals surface area contributed by atoms with Crippen LogP contribution in [0.25, 0.3) is 0 Å². The maximum atomic E-state index is 9.42. The highest BCUT2D eigenvalue weighted by Crippen LogP contribution is 2.29. The summed E-state index contributed by atoms with van der Waals surface area (Å²) in [5, 5.41) is 0.880. The van der Waals surface area contributed by atoms with Crippen molar-refractivity contribution in [1.29, 1.82) is 0 Å². The summed E-state index contributed by atoms with van der Waals surface area (Å²) in [4.78, 5) is 9.42. The van der Waals surface area contributed by atoms with Crippen LogP contribution in [0.2, 0.25) is 0 Å². The first-order valence-electron chi connectivity index (χ1n) is 3.75. The number of rotatable bonds is 2. The first kappa shape index (κ1) is 9.66. The highest BCUT2D eigenvalue weighted by molar-refractivity contribution is 7.54. The van der Waals surface area contributed by atoms with Crippen molar-refractivity contribution in [2.45, 2.75) is 13.8 Å². The van der Waals surface area contributed by atoms with E-state index >= 15 is 0 Å². The third kappa shape index (κ3) is 2.28. The van der Waals surface area contributed by atoms with Crippen LogP contribution in [0.5, 0.6) is 0 Å². The molecule has 1 aromatic carbocycles. The molecule has 0 heterocycles. The summed E-state index contributed by atoms with van der Waals surface area (Å²) in [5.74, 6) is 0. The van der Waals surface area contributed by atoms with Gasteiger partial charge < -0.3 is 9.42 Å². The summed E-state index contributed by atoms with van der Waals surface area (Å²) < 4.78 is 4.87. The quantitative estimate of drug-likeness (QED) is 0.711. The topological polar surface area (TPSA) is 29.5 Å². The molecule has 0 aliphatic heterocycles. The van der Waals surface area contributed by atoms with Gasteiger partial charge in [0, 0.05) is 12.4 Å². The van der Waals surface area contributed by atoms with Crippen molar-refractivity contribution in [3.63, 3.8) is 0 Å². The maximum Gasteiger partial charge on any atom is 0.202 e. The second-order valence-corrected chi connectivity index (χ2v) is 4.23. The zero-order chi connectivity index (χ0) is 9.14. The molecule has 0 aromatic heterocycles. The molecular formula is C9H13O2P. The van der Waals surface area contributed by atoms with E-state index in [1.54, 1.807) is 0 Å². The van der Waals surface area contributed by atoms with E-state index < -0.39 is 8.38 Å².